The van der Waals surface area contributed by atoms with Crippen LogP contribution in [0.1, 0.15) is 33.6 Å². The van der Waals surface area contributed by atoms with Crippen LogP contribution in [-0.2, 0) is 9.53 Å². The monoisotopic (exact) mass is 187 g/mol. The van der Waals surface area contributed by atoms with Crippen LogP contribution in [0.25, 0.3) is 0 Å². The summed E-state index contributed by atoms with van der Waals surface area (Å²) in [6.07, 6.45) is 2.92. The molecule has 0 spiro atoms. The lowest BCUT2D eigenvalue weighted by Gasteiger charge is -2.26. The van der Waals surface area contributed by atoms with E-state index in [0.29, 0.717) is 12.0 Å². The summed E-state index contributed by atoms with van der Waals surface area (Å²) < 4.78 is 5.21. The van der Waals surface area contributed by atoms with E-state index in [0.717, 1.165) is 32.5 Å². The largest absolute Gasteiger partial charge is 0.381 e. The van der Waals surface area contributed by atoms with E-state index in [-0.39, 0.29) is 0 Å². The number of amides is 1. The average molecular weight is 187 g/mol. The van der Waals surface area contributed by atoms with Gasteiger partial charge in [-0.3, -0.25) is 4.79 Å². The Hall–Kier alpha value is -0.570. The molecule has 0 aromatic rings. The van der Waals surface area contributed by atoms with Crippen LogP contribution < -0.4 is 5.32 Å². The first kappa shape index (κ1) is 12.4. The van der Waals surface area contributed by atoms with E-state index in [1.807, 2.05) is 20.8 Å². The lowest BCUT2D eigenvalue weighted by Crippen LogP contribution is -2.35. The summed E-state index contributed by atoms with van der Waals surface area (Å²) in [5.41, 5.74) is 0. The summed E-state index contributed by atoms with van der Waals surface area (Å²) in [6, 6.07) is 0.302. The Morgan fingerprint density at radius 1 is 1.38 bits per heavy atom. The molecule has 0 aliphatic carbocycles. The van der Waals surface area contributed by atoms with Gasteiger partial charge in [0, 0.05) is 19.3 Å². The number of hydrogen-bond acceptors (Lipinski definition) is 2. The second kappa shape index (κ2) is 8.05. The topological polar surface area (TPSA) is 38.3 Å². The van der Waals surface area contributed by atoms with Crippen LogP contribution in [0.2, 0.25) is 0 Å². The molecule has 1 aliphatic rings. The molecule has 1 rings (SSSR count). The average Bonchev–Trinajstić information content (AvgIpc) is 2.23. The van der Waals surface area contributed by atoms with Crippen LogP contribution in [0.4, 0.5) is 0 Å². The summed E-state index contributed by atoms with van der Waals surface area (Å²) in [6.45, 7) is 7.73. The zero-order valence-electron chi connectivity index (χ0n) is 8.88. The lowest BCUT2D eigenvalue weighted by molar-refractivity contribution is -0.110. The molecule has 1 amide bonds. The maximum Gasteiger partial charge on any atom is 0.207 e. The molecule has 1 atom stereocenters. The van der Waals surface area contributed by atoms with E-state index in [1.165, 1.54) is 0 Å². The van der Waals surface area contributed by atoms with Crippen LogP contribution in [-0.4, -0.2) is 25.7 Å². The van der Waals surface area contributed by atoms with Crippen molar-refractivity contribution in [1.82, 2.24) is 5.32 Å². The number of nitrogens with one attached hydrogen (secondary N) is 1. The highest BCUT2D eigenvalue weighted by molar-refractivity contribution is 5.46. The van der Waals surface area contributed by atoms with Gasteiger partial charge in [-0.25, -0.2) is 0 Å². The summed E-state index contributed by atoms with van der Waals surface area (Å²) in [5, 5.41) is 2.78. The number of carbonyl (C=O) groups excluding carboxylic acids is 1. The maximum absolute atomic E-state index is 10.1. The van der Waals surface area contributed by atoms with Gasteiger partial charge in [0.2, 0.25) is 6.41 Å². The van der Waals surface area contributed by atoms with E-state index in [2.05, 4.69) is 5.32 Å². The van der Waals surface area contributed by atoms with Crippen LogP contribution in [0, 0.1) is 5.92 Å². The van der Waals surface area contributed by atoms with Crippen LogP contribution in [0.15, 0.2) is 0 Å². The highest BCUT2D eigenvalue weighted by atomic mass is 16.5. The molecule has 1 heterocycles. The minimum atomic E-state index is 0.302. The molecule has 0 bridgehead atoms. The van der Waals surface area contributed by atoms with Gasteiger partial charge in [0.15, 0.2) is 0 Å². The maximum atomic E-state index is 10.1. The molecule has 1 unspecified atom stereocenters. The van der Waals surface area contributed by atoms with Gasteiger partial charge in [0.1, 0.15) is 0 Å². The van der Waals surface area contributed by atoms with Crippen LogP contribution in [0.3, 0.4) is 0 Å². The molecule has 13 heavy (non-hydrogen) atoms. The summed E-state index contributed by atoms with van der Waals surface area (Å²) in [5.74, 6) is 0.606. The second-order valence-electron chi connectivity index (χ2n) is 3.02. The lowest BCUT2D eigenvalue weighted by atomic mass is 9.93. The van der Waals surface area contributed by atoms with Gasteiger partial charge in [-0.2, -0.15) is 0 Å². The van der Waals surface area contributed by atoms with Crippen molar-refractivity contribution in [3.63, 3.8) is 0 Å². The Labute approximate surface area is 80.8 Å². The molecule has 1 N–H and O–H groups in total. The minimum Gasteiger partial charge on any atom is -0.381 e. The van der Waals surface area contributed by atoms with Crippen LogP contribution in [0.5, 0.6) is 0 Å². The van der Waals surface area contributed by atoms with Crippen LogP contribution >= 0.6 is 0 Å². The highest BCUT2D eigenvalue weighted by Crippen LogP contribution is 2.17. The van der Waals surface area contributed by atoms with Crippen molar-refractivity contribution in [2.24, 2.45) is 5.92 Å². The fraction of sp³-hybridized carbons (Fsp3) is 0.900. The summed E-state index contributed by atoms with van der Waals surface area (Å²) in [4.78, 5) is 10.1. The molecule has 1 aliphatic heterocycles. The molecular formula is C10H21NO2. The Bertz CT molecular complexity index is 122. The zero-order valence-corrected chi connectivity index (χ0v) is 8.88. The normalized spacial score (nSPS) is 19.6. The van der Waals surface area contributed by atoms with E-state index in [1.54, 1.807) is 0 Å². The van der Waals surface area contributed by atoms with Crippen molar-refractivity contribution >= 4 is 6.41 Å². The van der Waals surface area contributed by atoms with E-state index < -0.39 is 0 Å². The molecule has 1 saturated heterocycles. The van der Waals surface area contributed by atoms with E-state index >= 15 is 0 Å². The van der Waals surface area contributed by atoms with Crippen molar-refractivity contribution in [3.05, 3.63) is 0 Å². The highest BCUT2D eigenvalue weighted by Gasteiger charge is 2.19. The first-order valence-corrected chi connectivity index (χ1v) is 5.12. The predicted molar refractivity (Wildman–Crippen MR) is 53.6 cm³/mol. The molecule has 78 valence electrons. The van der Waals surface area contributed by atoms with Gasteiger partial charge in [0.25, 0.3) is 0 Å². The Morgan fingerprint density at radius 3 is 2.38 bits per heavy atom. The fourth-order valence-corrected chi connectivity index (χ4v) is 1.46. The number of carbonyl (C=O) groups is 1. The first-order chi connectivity index (χ1) is 6.34. The Balaban J connectivity index is 0.000000671. The van der Waals surface area contributed by atoms with Crippen molar-refractivity contribution in [2.75, 3.05) is 13.2 Å². The molecule has 3 heteroatoms. The minimum absolute atomic E-state index is 0.302. The summed E-state index contributed by atoms with van der Waals surface area (Å²) >= 11 is 0. The first-order valence-electron chi connectivity index (χ1n) is 5.12. The SMILES string of the molecule is CC.CC(NC=O)C1CCOCC1. The van der Waals surface area contributed by atoms with Crippen molar-refractivity contribution in [2.45, 2.75) is 39.7 Å². The third-order valence-corrected chi connectivity index (χ3v) is 2.30. The van der Waals surface area contributed by atoms with Crippen molar-refractivity contribution in [1.29, 1.82) is 0 Å². The van der Waals surface area contributed by atoms with Gasteiger partial charge < -0.3 is 10.1 Å². The number of rotatable bonds is 3. The van der Waals surface area contributed by atoms with Crippen molar-refractivity contribution < 1.29 is 9.53 Å². The predicted octanol–water partition coefficient (Wildman–Crippen LogP) is 1.57. The molecule has 3 nitrogen and oxygen atoms in total. The van der Waals surface area contributed by atoms with E-state index in [9.17, 15) is 4.79 Å². The molecule has 0 aromatic heterocycles. The van der Waals surface area contributed by atoms with E-state index in [4.69, 9.17) is 4.74 Å². The number of ether oxygens (including phenoxy) is 1. The molecular weight excluding hydrogens is 166 g/mol. The second-order valence-corrected chi connectivity index (χ2v) is 3.02. The molecule has 0 saturated carbocycles. The quantitative estimate of drug-likeness (QED) is 0.681. The van der Waals surface area contributed by atoms with Crippen molar-refractivity contribution in [3.8, 4) is 0 Å². The standard InChI is InChI=1S/C8H15NO2.C2H6/c1-7(9-6-10)8-2-4-11-5-3-8;1-2/h6-8H,2-5H2,1H3,(H,9,10);1-2H3. The summed E-state index contributed by atoms with van der Waals surface area (Å²) in [7, 11) is 0. The Morgan fingerprint density at radius 2 is 1.92 bits per heavy atom. The smallest absolute Gasteiger partial charge is 0.207 e. The van der Waals surface area contributed by atoms with Gasteiger partial charge in [-0.1, -0.05) is 13.8 Å². The molecule has 1 fully saturated rings. The van der Waals surface area contributed by atoms with Gasteiger partial charge in [-0.05, 0) is 25.7 Å². The molecule has 0 radical (unpaired) electrons. The Kier molecular flexibility index (Phi) is 7.69. The zero-order chi connectivity index (χ0) is 10.1. The van der Waals surface area contributed by atoms with Gasteiger partial charge in [-0.15, -0.1) is 0 Å². The van der Waals surface area contributed by atoms with Gasteiger partial charge in [0.05, 0.1) is 0 Å². The third-order valence-electron chi connectivity index (χ3n) is 2.30. The fourth-order valence-electron chi connectivity index (χ4n) is 1.46. The number of hydrogen-bond donors (Lipinski definition) is 1. The third kappa shape index (κ3) is 4.88. The molecule has 0 aromatic carbocycles. The van der Waals surface area contributed by atoms with Gasteiger partial charge >= 0.3 is 0 Å².